The number of carbonyl (C=O) groups excluding carboxylic acids is 3. The van der Waals surface area contributed by atoms with Crippen LogP contribution < -0.4 is 24.6 Å². The highest BCUT2D eigenvalue weighted by Crippen LogP contribution is 2.50. The highest BCUT2D eigenvalue weighted by molar-refractivity contribution is 6.06. The molecule has 5 heterocycles. The number of carbonyl (C=O) groups is 3. The first-order valence-electron chi connectivity index (χ1n) is 21.0. The maximum Gasteiger partial charge on any atom is 0.255 e. The van der Waals surface area contributed by atoms with Gasteiger partial charge in [0.15, 0.2) is 0 Å². The van der Waals surface area contributed by atoms with Gasteiger partial charge in [-0.1, -0.05) is 42.5 Å². The summed E-state index contributed by atoms with van der Waals surface area (Å²) < 4.78 is 12.6. The number of methoxy groups -OCH3 is 1. The van der Waals surface area contributed by atoms with Gasteiger partial charge in [0, 0.05) is 80.1 Å². The number of imide groups is 1. The number of hydrogen-bond acceptors (Lipinski definition) is 9. The summed E-state index contributed by atoms with van der Waals surface area (Å²) in [4.78, 5) is 46.9. The second-order valence-electron chi connectivity index (χ2n) is 17.0. The Morgan fingerprint density at radius 1 is 0.845 bits per heavy atom. The van der Waals surface area contributed by atoms with Gasteiger partial charge in [0.25, 0.3) is 5.91 Å². The van der Waals surface area contributed by atoms with Gasteiger partial charge in [-0.05, 0) is 91.0 Å². The maximum absolute atomic E-state index is 13.4. The van der Waals surface area contributed by atoms with Crippen LogP contribution >= 0.6 is 0 Å². The van der Waals surface area contributed by atoms with Crippen molar-refractivity contribution < 1.29 is 29.0 Å². The number of phenolic OH excluding ortho intramolecular Hbond substituents is 1. The standard InChI is InChI=1S/C47H51N5O6/c1-57-42-24-32(8-11-38(42)44-35(30-5-3-2-4-6-30)10-7-31-23-34(53)9-12-36(31)44)50-19-17-29(18-20-50)25-49-21-22-51-33(26-49)28-58-45-39-27-52(41-15-16-43(54)48-46(41)55)47(56)37(39)13-14-40(45)51/h2-6,8-9,11-14,23-24,29,33,35,41,44,53H,7,10,15-22,25-28H2,1H3,(H,48,54,55)/t33-,35-,41+,44+/m0/s1. The van der Waals surface area contributed by atoms with E-state index < -0.39 is 11.9 Å². The van der Waals surface area contributed by atoms with Crippen LogP contribution in [0.5, 0.6) is 17.2 Å². The number of piperidine rings is 2. The average molecular weight is 782 g/mol. The Kier molecular flexibility index (Phi) is 9.51. The molecule has 58 heavy (non-hydrogen) atoms. The lowest BCUT2D eigenvalue weighted by Crippen LogP contribution is -2.58. The van der Waals surface area contributed by atoms with Crippen LogP contribution in [0.15, 0.2) is 78.9 Å². The lowest BCUT2D eigenvalue weighted by Gasteiger charge is -2.47. The van der Waals surface area contributed by atoms with Gasteiger partial charge in [0.2, 0.25) is 11.8 Å². The van der Waals surface area contributed by atoms with Crippen molar-refractivity contribution in [1.29, 1.82) is 0 Å². The largest absolute Gasteiger partial charge is 0.508 e. The van der Waals surface area contributed by atoms with E-state index in [1.807, 2.05) is 24.3 Å². The number of rotatable bonds is 7. The summed E-state index contributed by atoms with van der Waals surface area (Å²) in [5.41, 5.74) is 8.70. The molecule has 11 nitrogen and oxygen atoms in total. The molecule has 11 heteroatoms. The van der Waals surface area contributed by atoms with Crippen molar-refractivity contribution in [1.82, 2.24) is 15.1 Å². The quantitative estimate of drug-likeness (QED) is 0.224. The first kappa shape index (κ1) is 36.8. The normalized spacial score (nSPS) is 24.7. The number of fused-ring (bicyclic) bond motifs is 6. The number of nitrogens with one attached hydrogen (secondary N) is 1. The molecule has 6 aliphatic rings. The van der Waals surface area contributed by atoms with Gasteiger partial charge in [0.1, 0.15) is 29.9 Å². The third-order valence-electron chi connectivity index (χ3n) is 13.8. The highest BCUT2D eigenvalue weighted by atomic mass is 16.5. The van der Waals surface area contributed by atoms with Crippen molar-refractivity contribution in [3.8, 4) is 17.2 Å². The van der Waals surface area contributed by atoms with Crippen LogP contribution in [-0.4, -0.2) is 97.7 Å². The van der Waals surface area contributed by atoms with E-state index in [0.29, 0.717) is 42.7 Å². The van der Waals surface area contributed by atoms with Gasteiger partial charge in [-0.15, -0.1) is 0 Å². The summed E-state index contributed by atoms with van der Waals surface area (Å²) in [6.45, 7) is 6.77. The molecule has 300 valence electrons. The van der Waals surface area contributed by atoms with Crippen molar-refractivity contribution >= 4 is 29.1 Å². The number of aryl methyl sites for hydroxylation is 1. The molecule has 0 aromatic heterocycles. The van der Waals surface area contributed by atoms with Crippen molar-refractivity contribution in [2.75, 3.05) is 62.8 Å². The molecule has 3 amide bonds. The zero-order valence-corrected chi connectivity index (χ0v) is 33.1. The predicted octanol–water partition coefficient (Wildman–Crippen LogP) is 5.82. The van der Waals surface area contributed by atoms with Crippen molar-refractivity contribution in [3.63, 3.8) is 0 Å². The lowest BCUT2D eigenvalue weighted by molar-refractivity contribution is -0.136. The summed E-state index contributed by atoms with van der Waals surface area (Å²) in [5, 5.41) is 12.7. The average Bonchev–Trinajstić information content (AvgIpc) is 3.59. The van der Waals surface area contributed by atoms with Crippen molar-refractivity contribution in [2.24, 2.45) is 5.92 Å². The van der Waals surface area contributed by atoms with Gasteiger partial charge < -0.3 is 29.3 Å². The molecule has 1 aliphatic carbocycles. The van der Waals surface area contributed by atoms with E-state index in [0.717, 1.165) is 87.7 Å². The summed E-state index contributed by atoms with van der Waals surface area (Å²) in [6, 6.07) is 27.0. The highest BCUT2D eigenvalue weighted by Gasteiger charge is 2.43. The third kappa shape index (κ3) is 6.53. The second-order valence-corrected chi connectivity index (χ2v) is 17.0. The third-order valence-corrected chi connectivity index (χ3v) is 13.8. The second kappa shape index (κ2) is 15.0. The number of benzene rings is 4. The SMILES string of the molecule is COc1cc(N2CCC(CN3CCN4c5ccc6c(c5OC[C@@H]4C3)CN([C@@H]3CCC(=O)NC3=O)C6=O)CC2)ccc1[C@H]1c2ccc(O)cc2CC[C@H]1c1ccccc1. The Hall–Kier alpha value is -5.55. The Morgan fingerprint density at radius 3 is 2.48 bits per heavy atom. The molecule has 5 aliphatic heterocycles. The van der Waals surface area contributed by atoms with E-state index in [-0.39, 0.29) is 30.2 Å². The van der Waals surface area contributed by atoms with E-state index in [9.17, 15) is 19.5 Å². The van der Waals surface area contributed by atoms with E-state index in [1.54, 1.807) is 12.0 Å². The van der Waals surface area contributed by atoms with Crippen molar-refractivity contribution in [2.45, 2.75) is 69.0 Å². The minimum absolute atomic E-state index is 0.130. The number of aromatic hydroxyl groups is 1. The van der Waals surface area contributed by atoms with E-state index >= 15 is 0 Å². The molecule has 4 aromatic carbocycles. The predicted molar refractivity (Wildman–Crippen MR) is 221 cm³/mol. The molecule has 0 radical (unpaired) electrons. The molecule has 10 rings (SSSR count). The topological polar surface area (TPSA) is 115 Å². The number of amides is 3. The summed E-state index contributed by atoms with van der Waals surface area (Å²) in [6.07, 6.45) is 4.79. The maximum atomic E-state index is 13.4. The van der Waals surface area contributed by atoms with Gasteiger partial charge in [-0.2, -0.15) is 0 Å². The van der Waals surface area contributed by atoms with Crippen LogP contribution in [0.25, 0.3) is 0 Å². The zero-order chi connectivity index (χ0) is 39.5. The number of nitrogens with zero attached hydrogens (tertiary/aromatic N) is 4. The fourth-order valence-corrected chi connectivity index (χ4v) is 10.9. The summed E-state index contributed by atoms with van der Waals surface area (Å²) in [5.74, 6) is 2.22. The summed E-state index contributed by atoms with van der Waals surface area (Å²) >= 11 is 0. The molecular weight excluding hydrogens is 731 g/mol. The van der Waals surface area contributed by atoms with Crippen LogP contribution in [0, 0.1) is 5.92 Å². The monoisotopic (exact) mass is 781 g/mol. The number of piperazine rings is 1. The number of phenols is 1. The Morgan fingerprint density at radius 2 is 1.67 bits per heavy atom. The summed E-state index contributed by atoms with van der Waals surface area (Å²) in [7, 11) is 1.79. The molecule has 3 fully saturated rings. The molecule has 0 bridgehead atoms. The molecule has 4 atom stereocenters. The molecule has 3 saturated heterocycles. The van der Waals surface area contributed by atoms with Gasteiger partial charge in [-0.3, -0.25) is 24.6 Å². The molecule has 0 unspecified atom stereocenters. The fraction of sp³-hybridized carbons (Fsp3) is 0.426. The molecular formula is C47H51N5O6. The number of hydrogen-bond donors (Lipinski definition) is 2. The minimum atomic E-state index is -0.640. The van der Waals surface area contributed by atoms with Crippen LogP contribution in [0.3, 0.4) is 0 Å². The van der Waals surface area contributed by atoms with Crippen LogP contribution in [0.4, 0.5) is 11.4 Å². The first-order valence-corrected chi connectivity index (χ1v) is 21.0. The first-order chi connectivity index (χ1) is 28.3. The van der Waals surface area contributed by atoms with Crippen LogP contribution in [0.1, 0.15) is 82.1 Å². The van der Waals surface area contributed by atoms with E-state index in [2.05, 4.69) is 74.6 Å². The Bertz CT molecular complexity index is 2260. The van der Waals surface area contributed by atoms with Crippen LogP contribution in [0.2, 0.25) is 0 Å². The lowest BCUT2D eigenvalue weighted by atomic mass is 9.69. The number of anilines is 2. The molecule has 4 aromatic rings. The Balaban J connectivity index is 0.779. The van der Waals surface area contributed by atoms with Gasteiger partial charge >= 0.3 is 0 Å². The minimum Gasteiger partial charge on any atom is -0.508 e. The van der Waals surface area contributed by atoms with Gasteiger partial charge in [-0.25, -0.2) is 0 Å². The molecule has 0 saturated carbocycles. The van der Waals surface area contributed by atoms with E-state index in [4.69, 9.17) is 9.47 Å². The fourth-order valence-electron chi connectivity index (χ4n) is 10.9. The smallest absolute Gasteiger partial charge is 0.255 e. The van der Waals surface area contributed by atoms with Crippen molar-refractivity contribution in [3.05, 3.63) is 112 Å². The number of ether oxygens (including phenoxy) is 2. The van der Waals surface area contributed by atoms with E-state index in [1.165, 1.54) is 27.9 Å². The molecule has 0 spiro atoms. The van der Waals surface area contributed by atoms with Gasteiger partial charge in [0.05, 0.1) is 25.4 Å². The molecule has 2 N–H and O–H groups in total. The zero-order valence-electron chi connectivity index (χ0n) is 33.1. The van der Waals surface area contributed by atoms with Crippen LogP contribution in [-0.2, 0) is 22.6 Å². The Labute approximate surface area is 339 Å².